The van der Waals surface area contributed by atoms with Gasteiger partial charge in [-0.3, -0.25) is 19.9 Å². The summed E-state index contributed by atoms with van der Waals surface area (Å²) >= 11 is 3.50. The van der Waals surface area contributed by atoms with E-state index in [4.69, 9.17) is 25.7 Å². The van der Waals surface area contributed by atoms with E-state index in [1.54, 1.807) is 63.4 Å². The average Bonchev–Trinajstić information content (AvgIpc) is 3.16. The van der Waals surface area contributed by atoms with Crippen LogP contribution in [0.2, 0.25) is 0 Å². The predicted molar refractivity (Wildman–Crippen MR) is 212 cm³/mol. The number of ether oxygens (including phenoxy) is 3. The standard InChI is InChI=1S/C37H49BrN10O8/c1-21(2)32(39)34(50)45-28(6-5-11-41-35(40)51)33(49)44-25-9-7-24(8-10-25)19-56-37(53)48-12-13-54-26(18-48)20-55-30-14-22(3)27(38)15-29(30)46-36(52)47-31-17-42-23(4)16-43-31/h7-10,14-17,21,26,28,32H,5-6,11-13,18-20,39H2,1-4H3,(H,44,49)(H,45,50)(H3,40,41,51)(H2,43,46,47,52)/t26-,28-,32-/m0/s1. The summed E-state index contributed by atoms with van der Waals surface area (Å²) in [4.78, 5) is 72.4. The quantitative estimate of drug-likeness (QED) is 0.102. The first kappa shape index (κ1) is 43.2. The molecule has 56 heavy (non-hydrogen) atoms. The van der Waals surface area contributed by atoms with Gasteiger partial charge in [0.05, 0.1) is 43.0 Å². The molecule has 1 fully saturated rings. The molecular weight excluding hydrogens is 792 g/mol. The molecule has 18 nitrogen and oxygen atoms in total. The lowest BCUT2D eigenvalue weighted by Gasteiger charge is -2.32. The van der Waals surface area contributed by atoms with Crippen LogP contribution in [-0.2, 0) is 25.7 Å². The summed E-state index contributed by atoms with van der Waals surface area (Å²) in [7, 11) is 0. The fraction of sp³-hybridized carbons (Fsp3) is 0.432. The van der Waals surface area contributed by atoms with Crippen LogP contribution in [-0.4, -0.2) is 95.9 Å². The number of hydrogen-bond acceptors (Lipinski definition) is 11. The number of primary amides is 1. The highest BCUT2D eigenvalue weighted by atomic mass is 79.9. The molecule has 1 aliphatic rings. The van der Waals surface area contributed by atoms with E-state index in [0.717, 1.165) is 15.7 Å². The highest BCUT2D eigenvalue weighted by Crippen LogP contribution is 2.32. The zero-order valence-electron chi connectivity index (χ0n) is 31.7. The zero-order chi connectivity index (χ0) is 40.8. The Morgan fingerprint density at radius 3 is 2.45 bits per heavy atom. The van der Waals surface area contributed by atoms with Gasteiger partial charge < -0.3 is 51.8 Å². The van der Waals surface area contributed by atoms with Crippen LogP contribution in [0.5, 0.6) is 5.75 Å². The second-order valence-electron chi connectivity index (χ2n) is 13.5. The van der Waals surface area contributed by atoms with E-state index in [-0.39, 0.29) is 51.1 Å². The molecule has 0 saturated carbocycles. The van der Waals surface area contributed by atoms with Gasteiger partial charge in [0, 0.05) is 23.2 Å². The molecule has 3 aromatic rings. The van der Waals surface area contributed by atoms with Gasteiger partial charge in [-0.2, -0.15) is 0 Å². The minimum atomic E-state index is -0.908. The SMILES string of the molecule is Cc1cnc(NC(=O)Nc2cc(Br)c(C)cc2OC[C@@H]2CN(C(=O)OCc3ccc(NC(=O)[C@H](CCCNC(N)=O)NC(=O)[C@@H](N)C(C)C)cc3)CCO2)cn1. The molecule has 1 saturated heterocycles. The Labute approximate surface area is 333 Å². The number of benzene rings is 2. The lowest BCUT2D eigenvalue weighted by Crippen LogP contribution is -2.51. The van der Waals surface area contributed by atoms with Crippen LogP contribution in [0.1, 0.15) is 43.5 Å². The molecule has 0 aliphatic carbocycles. The summed E-state index contributed by atoms with van der Waals surface area (Å²) in [5, 5.41) is 13.4. The van der Waals surface area contributed by atoms with Crippen LogP contribution in [0.15, 0.2) is 53.3 Å². The van der Waals surface area contributed by atoms with Crippen molar-refractivity contribution in [1.82, 2.24) is 25.5 Å². The maximum Gasteiger partial charge on any atom is 0.410 e. The van der Waals surface area contributed by atoms with Crippen molar-refractivity contribution < 1.29 is 38.2 Å². The maximum atomic E-state index is 13.2. The summed E-state index contributed by atoms with van der Waals surface area (Å²) in [6, 6.07) is 7.32. The van der Waals surface area contributed by atoms with E-state index in [9.17, 15) is 24.0 Å². The third-order valence-corrected chi connectivity index (χ3v) is 9.41. The fourth-order valence-corrected chi connectivity index (χ4v) is 5.62. The van der Waals surface area contributed by atoms with Crippen molar-refractivity contribution in [3.8, 4) is 5.75 Å². The summed E-state index contributed by atoms with van der Waals surface area (Å²) in [6.07, 6.45) is 2.62. The van der Waals surface area contributed by atoms with Gasteiger partial charge in [-0.1, -0.05) is 41.9 Å². The molecule has 9 N–H and O–H groups in total. The molecular formula is C37H49BrN10O8. The number of carbonyl (C=O) groups excluding carboxylic acids is 5. The molecule has 7 amide bonds. The highest BCUT2D eigenvalue weighted by Gasteiger charge is 2.27. The molecule has 2 aromatic carbocycles. The number of carbonyl (C=O) groups is 5. The van der Waals surface area contributed by atoms with E-state index >= 15 is 0 Å². The number of rotatable bonds is 16. The zero-order valence-corrected chi connectivity index (χ0v) is 33.3. The van der Waals surface area contributed by atoms with Gasteiger partial charge in [-0.05, 0) is 68.0 Å². The van der Waals surface area contributed by atoms with Gasteiger partial charge in [-0.25, -0.2) is 19.4 Å². The first-order chi connectivity index (χ1) is 26.7. The average molecular weight is 842 g/mol. The van der Waals surface area contributed by atoms with E-state index < -0.39 is 48.2 Å². The lowest BCUT2D eigenvalue weighted by molar-refractivity contribution is -0.128. The lowest BCUT2D eigenvalue weighted by atomic mass is 10.0. The van der Waals surface area contributed by atoms with E-state index in [1.165, 1.54) is 11.1 Å². The van der Waals surface area contributed by atoms with Crippen molar-refractivity contribution in [2.24, 2.45) is 17.4 Å². The number of morpholine rings is 1. The molecule has 0 spiro atoms. The molecule has 4 rings (SSSR count). The van der Waals surface area contributed by atoms with Crippen LogP contribution in [0.3, 0.4) is 0 Å². The molecule has 19 heteroatoms. The molecule has 2 heterocycles. The Morgan fingerprint density at radius 1 is 1.02 bits per heavy atom. The second kappa shape index (κ2) is 21.0. The topological polar surface area (TPSA) is 254 Å². The Bertz CT molecular complexity index is 1830. The summed E-state index contributed by atoms with van der Waals surface area (Å²) < 4.78 is 18.3. The van der Waals surface area contributed by atoms with E-state index in [1.807, 2.05) is 6.92 Å². The molecule has 302 valence electrons. The maximum absolute atomic E-state index is 13.2. The minimum absolute atomic E-state index is 0.0202. The Balaban J connectivity index is 1.27. The van der Waals surface area contributed by atoms with Gasteiger partial charge in [0.2, 0.25) is 11.8 Å². The molecule has 0 radical (unpaired) electrons. The number of aromatic nitrogens is 2. The van der Waals surface area contributed by atoms with Crippen LogP contribution < -0.4 is 42.8 Å². The Morgan fingerprint density at radius 2 is 1.77 bits per heavy atom. The van der Waals surface area contributed by atoms with Crippen LogP contribution in [0, 0.1) is 19.8 Å². The number of amides is 7. The van der Waals surface area contributed by atoms with Gasteiger partial charge in [-0.15, -0.1) is 0 Å². The third kappa shape index (κ3) is 13.6. The van der Waals surface area contributed by atoms with Crippen molar-refractivity contribution in [2.45, 2.75) is 65.3 Å². The minimum Gasteiger partial charge on any atom is -0.489 e. The highest BCUT2D eigenvalue weighted by molar-refractivity contribution is 9.10. The van der Waals surface area contributed by atoms with Crippen molar-refractivity contribution in [1.29, 1.82) is 0 Å². The summed E-state index contributed by atoms with van der Waals surface area (Å²) in [6.45, 7) is 8.41. The number of nitrogens with zero attached hydrogens (tertiary/aromatic N) is 3. The smallest absolute Gasteiger partial charge is 0.410 e. The Hall–Kier alpha value is -5.53. The summed E-state index contributed by atoms with van der Waals surface area (Å²) in [5.41, 5.74) is 14.2. The van der Waals surface area contributed by atoms with Gasteiger partial charge in [0.1, 0.15) is 31.1 Å². The number of halogens is 1. The van der Waals surface area contributed by atoms with Crippen molar-refractivity contribution in [3.05, 3.63) is 70.1 Å². The first-order valence-corrected chi connectivity index (χ1v) is 18.8. The predicted octanol–water partition coefficient (Wildman–Crippen LogP) is 3.77. The molecule has 3 atom stereocenters. The largest absolute Gasteiger partial charge is 0.489 e. The van der Waals surface area contributed by atoms with E-state index in [0.29, 0.717) is 35.7 Å². The monoisotopic (exact) mass is 840 g/mol. The van der Waals surface area contributed by atoms with E-state index in [2.05, 4.69) is 52.5 Å². The molecule has 0 unspecified atom stereocenters. The van der Waals surface area contributed by atoms with Crippen LogP contribution in [0.25, 0.3) is 0 Å². The number of aryl methyl sites for hydroxylation is 2. The first-order valence-electron chi connectivity index (χ1n) is 18.0. The second-order valence-corrected chi connectivity index (χ2v) is 14.3. The number of urea groups is 2. The summed E-state index contributed by atoms with van der Waals surface area (Å²) in [5.74, 6) is -0.358. The normalized spacial score (nSPS) is 14.9. The fourth-order valence-electron chi connectivity index (χ4n) is 5.28. The molecule has 0 bridgehead atoms. The number of hydrogen-bond donors (Lipinski definition) is 7. The third-order valence-electron chi connectivity index (χ3n) is 8.56. The number of nitrogens with one attached hydrogen (secondary N) is 5. The van der Waals surface area contributed by atoms with Gasteiger partial charge in [0.15, 0.2) is 5.82 Å². The number of nitrogens with two attached hydrogens (primary N) is 2. The van der Waals surface area contributed by atoms with Crippen LogP contribution in [0.4, 0.5) is 31.6 Å². The Kier molecular flexibility index (Phi) is 16.2. The molecule has 1 aliphatic heterocycles. The van der Waals surface area contributed by atoms with Crippen molar-refractivity contribution in [3.63, 3.8) is 0 Å². The molecule has 1 aromatic heterocycles. The van der Waals surface area contributed by atoms with Crippen molar-refractivity contribution >= 4 is 63.1 Å². The number of anilines is 3. The van der Waals surface area contributed by atoms with Gasteiger partial charge in [0.25, 0.3) is 0 Å². The van der Waals surface area contributed by atoms with Crippen LogP contribution >= 0.6 is 15.9 Å². The van der Waals surface area contributed by atoms with Crippen molar-refractivity contribution in [2.75, 3.05) is 48.8 Å². The van der Waals surface area contributed by atoms with Gasteiger partial charge >= 0.3 is 18.2 Å².